The molecule has 0 radical (unpaired) electrons. The fourth-order valence-electron chi connectivity index (χ4n) is 2.93. The van der Waals surface area contributed by atoms with Crippen LogP contribution >= 0.6 is 0 Å². The highest BCUT2D eigenvalue weighted by Crippen LogP contribution is 2.19. The van der Waals surface area contributed by atoms with Gasteiger partial charge in [0, 0.05) is 37.2 Å². The van der Waals surface area contributed by atoms with Gasteiger partial charge in [-0.15, -0.1) is 0 Å². The third-order valence-electron chi connectivity index (χ3n) is 4.55. The zero-order valence-electron chi connectivity index (χ0n) is 16.9. The van der Waals surface area contributed by atoms with Crippen LogP contribution in [0, 0.1) is 0 Å². The minimum absolute atomic E-state index is 0.163. The molecule has 3 rings (SSSR count). The van der Waals surface area contributed by atoms with Gasteiger partial charge < -0.3 is 9.84 Å². The molecule has 0 spiro atoms. The van der Waals surface area contributed by atoms with E-state index in [1.54, 1.807) is 26.0 Å². The number of carbonyl (C=O) groups excluding carboxylic acids is 1. The predicted octanol–water partition coefficient (Wildman–Crippen LogP) is 3.34. The number of benzene rings is 2. The summed E-state index contributed by atoms with van der Waals surface area (Å²) in [6.45, 7) is 4.39. The van der Waals surface area contributed by atoms with Gasteiger partial charge in [0.1, 0.15) is 0 Å². The fourth-order valence-corrected chi connectivity index (χ4v) is 4.39. The van der Waals surface area contributed by atoms with Gasteiger partial charge in [-0.05, 0) is 24.3 Å². The Kier molecular flexibility index (Phi) is 6.96. The number of rotatable bonds is 9. The first-order valence-corrected chi connectivity index (χ1v) is 11.2. The second-order valence-electron chi connectivity index (χ2n) is 6.54. The molecule has 1 amide bonds. The maximum atomic E-state index is 12.5. The van der Waals surface area contributed by atoms with Gasteiger partial charge in [0.15, 0.2) is 0 Å². The second-order valence-corrected chi connectivity index (χ2v) is 8.48. The summed E-state index contributed by atoms with van der Waals surface area (Å²) in [4.78, 5) is 16.7. The van der Waals surface area contributed by atoms with Crippen molar-refractivity contribution in [1.29, 1.82) is 0 Å². The van der Waals surface area contributed by atoms with Crippen molar-refractivity contribution in [2.75, 3.05) is 18.4 Å². The predicted molar refractivity (Wildman–Crippen MR) is 113 cm³/mol. The molecule has 30 heavy (non-hydrogen) atoms. The zero-order chi connectivity index (χ0) is 21.6. The topological polar surface area (TPSA) is 105 Å². The number of nitrogens with zero attached hydrogens (tertiary/aromatic N) is 3. The van der Waals surface area contributed by atoms with Crippen molar-refractivity contribution in [2.24, 2.45) is 0 Å². The SMILES string of the molecule is CCN(CC)S(=O)(=O)c1ccc(NC(=O)CCc2nc(-c3ccccc3)no2)cc1. The van der Waals surface area contributed by atoms with Crippen LogP contribution in [0.3, 0.4) is 0 Å². The number of nitrogens with one attached hydrogen (secondary N) is 1. The van der Waals surface area contributed by atoms with Crippen LogP contribution in [0.2, 0.25) is 0 Å². The van der Waals surface area contributed by atoms with E-state index in [4.69, 9.17) is 4.52 Å². The van der Waals surface area contributed by atoms with Crippen molar-refractivity contribution in [3.05, 3.63) is 60.5 Å². The molecule has 0 fully saturated rings. The minimum atomic E-state index is -3.52. The normalized spacial score (nSPS) is 11.6. The lowest BCUT2D eigenvalue weighted by atomic mass is 10.2. The van der Waals surface area contributed by atoms with E-state index in [2.05, 4.69) is 15.5 Å². The monoisotopic (exact) mass is 428 g/mol. The summed E-state index contributed by atoms with van der Waals surface area (Å²) in [5.41, 5.74) is 1.37. The first-order valence-electron chi connectivity index (χ1n) is 9.72. The molecule has 0 unspecified atom stereocenters. The molecule has 9 heteroatoms. The van der Waals surface area contributed by atoms with E-state index in [-0.39, 0.29) is 17.2 Å². The number of hydrogen-bond donors (Lipinski definition) is 1. The molecule has 2 aromatic carbocycles. The van der Waals surface area contributed by atoms with Crippen molar-refractivity contribution in [1.82, 2.24) is 14.4 Å². The van der Waals surface area contributed by atoms with Gasteiger partial charge in [0.2, 0.25) is 27.6 Å². The van der Waals surface area contributed by atoms with Crippen molar-refractivity contribution < 1.29 is 17.7 Å². The van der Waals surface area contributed by atoms with Crippen molar-refractivity contribution in [2.45, 2.75) is 31.6 Å². The zero-order valence-corrected chi connectivity index (χ0v) is 17.7. The van der Waals surface area contributed by atoms with Gasteiger partial charge >= 0.3 is 0 Å². The number of hydrogen-bond acceptors (Lipinski definition) is 6. The first-order chi connectivity index (χ1) is 14.4. The third-order valence-corrected chi connectivity index (χ3v) is 6.61. The second kappa shape index (κ2) is 9.64. The molecule has 0 aliphatic heterocycles. The van der Waals surface area contributed by atoms with E-state index in [9.17, 15) is 13.2 Å². The molecule has 1 aromatic heterocycles. The Morgan fingerprint density at radius 1 is 1.03 bits per heavy atom. The molecule has 0 bridgehead atoms. The van der Waals surface area contributed by atoms with Crippen LogP contribution in [0.15, 0.2) is 64.0 Å². The molecule has 1 heterocycles. The molecule has 0 aliphatic rings. The van der Waals surface area contributed by atoms with Crippen LogP contribution in [-0.4, -0.2) is 41.9 Å². The largest absolute Gasteiger partial charge is 0.339 e. The highest BCUT2D eigenvalue weighted by atomic mass is 32.2. The van der Waals surface area contributed by atoms with Crippen LogP contribution in [0.4, 0.5) is 5.69 Å². The number of anilines is 1. The lowest BCUT2D eigenvalue weighted by Crippen LogP contribution is -2.30. The number of amides is 1. The Balaban J connectivity index is 1.56. The Morgan fingerprint density at radius 2 is 1.70 bits per heavy atom. The average molecular weight is 429 g/mol. The quantitative estimate of drug-likeness (QED) is 0.560. The van der Waals surface area contributed by atoms with Gasteiger partial charge in [-0.25, -0.2) is 8.42 Å². The molecule has 3 aromatic rings. The van der Waals surface area contributed by atoms with Crippen molar-refractivity contribution in [3.63, 3.8) is 0 Å². The van der Waals surface area contributed by atoms with Gasteiger partial charge in [0.05, 0.1) is 4.90 Å². The summed E-state index contributed by atoms with van der Waals surface area (Å²) in [5.74, 6) is 0.634. The van der Waals surface area contributed by atoms with E-state index < -0.39 is 10.0 Å². The summed E-state index contributed by atoms with van der Waals surface area (Å²) < 4.78 is 31.6. The maximum Gasteiger partial charge on any atom is 0.243 e. The van der Waals surface area contributed by atoms with Crippen LogP contribution in [-0.2, 0) is 21.2 Å². The Morgan fingerprint density at radius 3 is 2.33 bits per heavy atom. The van der Waals surface area contributed by atoms with E-state index in [0.717, 1.165) is 5.56 Å². The van der Waals surface area contributed by atoms with E-state index in [1.165, 1.54) is 16.4 Å². The van der Waals surface area contributed by atoms with E-state index in [0.29, 0.717) is 36.9 Å². The number of aryl methyl sites for hydroxylation is 1. The summed E-state index contributed by atoms with van der Waals surface area (Å²) in [5, 5.41) is 6.68. The van der Waals surface area contributed by atoms with Gasteiger partial charge in [0.25, 0.3) is 0 Å². The molecule has 0 saturated carbocycles. The maximum absolute atomic E-state index is 12.5. The van der Waals surface area contributed by atoms with Crippen LogP contribution < -0.4 is 5.32 Å². The molecule has 1 N–H and O–H groups in total. The van der Waals surface area contributed by atoms with E-state index >= 15 is 0 Å². The average Bonchev–Trinajstić information content (AvgIpc) is 3.23. The highest BCUT2D eigenvalue weighted by Gasteiger charge is 2.21. The first kappa shape index (κ1) is 21.7. The van der Waals surface area contributed by atoms with Crippen molar-refractivity contribution in [3.8, 4) is 11.4 Å². The lowest BCUT2D eigenvalue weighted by Gasteiger charge is -2.18. The van der Waals surface area contributed by atoms with Gasteiger partial charge in [-0.1, -0.05) is 49.3 Å². The number of sulfonamides is 1. The molecule has 0 atom stereocenters. The fraction of sp³-hybridized carbons (Fsp3) is 0.286. The number of carbonyl (C=O) groups is 1. The molecule has 0 saturated heterocycles. The van der Waals surface area contributed by atoms with Gasteiger partial charge in [-0.3, -0.25) is 4.79 Å². The smallest absolute Gasteiger partial charge is 0.243 e. The third kappa shape index (κ3) is 5.11. The molecule has 8 nitrogen and oxygen atoms in total. The van der Waals surface area contributed by atoms with E-state index in [1.807, 2.05) is 30.3 Å². The van der Waals surface area contributed by atoms with Crippen LogP contribution in [0.1, 0.15) is 26.2 Å². The minimum Gasteiger partial charge on any atom is -0.339 e. The summed E-state index contributed by atoms with van der Waals surface area (Å²) in [6, 6.07) is 15.6. The number of aromatic nitrogens is 2. The molecule has 0 aliphatic carbocycles. The van der Waals surface area contributed by atoms with Crippen LogP contribution in [0.25, 0.3) is 11.4 Å². The summed E-state index contributed by atoms with van der Waals surface area (Å²) >= 11 is 0. The Labute approximate surface area is 176 Å². The standard InChI is InChI=1S/C21H24N4O4S/c1-3-25(4-2)30(27,28)18-12-10-17(11-13-18)22-19(26)14-15-20-23-21(24-29-20)16-8-6-5-7-9-16/h5-13H,3-4,14-15H2,1-2H3,(H,22,26). The van der Waals surface area contributed by atoms with Gasteiger partial charge in [-0.2, -0.15) is 9.29 Å². The molecular formula is C21H24N4O4S. The Hall–Kier alpha value is -3.04. The Bertz CT molecular complexity index is 1080. The molecular weight excluding hydrogens is 404 g/mol. The highest BCUT2D eigenvalue weighted by molar-refractivity contribution is 7.89. The van der Waals surface area contributed by atoms with Crippen molar-refractivity contribution >= 4 is 21.6 Å². The summed E-state index contributed by atoms with van der Waals surface area (Å²) in [7, 11) is -3.52. The molecule has 158 valence electrons. The lowest BCUT2D eigenvalue weighted by molar-refractivity contribution is -0.116. The summed E-state index contributed by atoms with van der Waals surface area (Å²) in [6.07, 6.45) is 0.468. The van der Waals surface area contributed by atoms with Crippen LogP contribution in [0.5, 0.6) is 0 Å².